The molecule has 1 aliphatic heterocycles. The van der Waals surface area contributed by atoms with Crippen LogP contribution in [0.3, 0.4) is 0 Å². The summed E-state index contributed by atoms with van der Waals surface area (Å²) in [6, 6.07) is 17.7. The van der Waals surface area contributed by atoms with E-state index < -0.39 is 0 Å². The van der Waals surface area contributed by atoms with E-state index in [0.29, 0.717) is 19.6 Å². The quantitative estimate of drug-likeness (QED) is 0.832. The summed E-state index contributed by atoms with van der Waals surface area (Å²) in [6.07, 6.45) is 1.06. The van der Waals surface area contributed by atoms with E-state index in [4.69, 9.17) is 4.74 Å². The highest BCUT2D eigenvalue weighted by Gasteiger charge is 2.34. The van der Waals surface area contributed by atoms with Crippen molar-refractivity contribution in [2.75, 3.05) is 20.2 Å². The topological polar surface area (TPSA) is 58.6 Å². The molecule has 0 unspecified atom stereocenters. The lowest BCUT2D eigenvalue weighted by atomic mass is 10.1. The molecule has 5 heteroatoms. The van der Waals surface area contributed by atoms with Crippen LogP contribution in [0.15, 0.2) is 54.6 Å². The number of carbonyl (C=O) groups excluding carboxylic acids is 2. The Bertz CT molecular complexity index is 761. The molecule has 1 heterocycles. The second-order valence-electron chi connectivity index (χ2n) is 6.51. The first-order valence-corrected chi connectivity index (χ1v) is 8.88. The van der Waals surface area contributed by atoms with E-state index >= 15 is 0 Å². The zero-order valence-corrected chi connectivity index (χ0v) is 15.0. The molecule has 3 rings (SSSR count). The number of carbonyl (C=O) groups is 2. The normalized spacial score (nSPS) is 16.6. The van der Waals surface area contributed by atoms with Crippen LogP contribution in [0.1, 0.15) is 17.5 Å². The summed E-state index contributed by atoms with van der Waals surface area (Å²) in [6.45, 7) is 1.50. The van der Waals surface area contributed by atoms with E-state index in [2.05, 4.69) is 5.32 Å². The second kappa shape index (κ2) is 8.52. The van der Waals surface area contributed by atoms with Crippen molar-refractivity contribution < 1.29 is 14.3 Å². The first-order chi connectivity index (χ1) is 12.7. The van der Waals surface area contributed by atoms with Crippen LogP contribution in [0.25, 0.3) is 0 Å². The van der Waals surface area contributed by atoms with E-state index in [1.807, 2.05) is 54.6 Å². The minimum Gasteiger partial charge on any atom is -0.496 e. The van der Waals surface area contributed by atoms with Gasteiger partial charge in [0.2, 0.25) is 11.8 Å². The predicted octanol–water partition coefficient (Wildman–Crippen LogP) is 2.40. The number of benzene rings is 2. The number of nitrogens with one attached hydrogen (secondary N) is 1. The van der Waals surface area contributed by atoms with E-state index in [0.717, 1.165) is 17.7 Å². The Morgan fingerprint density at radius 1 is 1.15 bits per heavy atom. The van der Waals surface area contributed by atoms with Crippen molar-refractivity contribution in [3.63, 3.8) is 0 Å². The van der Waals surface area contributed by atoms with Gasteiger partial charge in [0.15, 0.2) is 0 Å². The lowest BCUT2D eigenvalue weighted by Gasteiger charge is -2.18. The minimum atomic E-state index is -0.284. The lowest BCUT2D eigenvalue weighted by Crippen LogP contribution is -2.34. The number of likely N-dealkylation sites (tertiary alicyclic amines) is 1. The van der Waals surface area contributed by atoms with E-state index in [9.17, 15) is 9.59 Å². The van der Waals surface area contributed by atoms with Crippen molar-refractivity contribution in [3.8, 4) is 5.75 Å². The van der Waals surface area contributed by atoms with Crippen LogP contribution in [-0.4, -0.2) is 36.9 Å². The average molecular weight is 352 g/mol. The Hall–Kier alpha value is -2.82. The molecule has 1 saturated heterocycles. The molecule has 1 N–H and O–H groups in total. The zero-order valence-electron chi connectivity index (χ0n) is 15.0. The molecule has 0 aromatic heterocycles. The number of hydrogen-bond acceptors (Lipinski definition) is 3. The third-order valence-corrected chi connectivity index (χ3v) is 4.69. The Morgan fingerprint density at radius 3 is 2.65 bits per heavy atom. The van der Waals surface area contributed by atoms with Crippen molar-refractivity contribution in [1.82, 2.24) is 10.2 Å². The van der Waals surface area contributed by atoms with E-state index in [1.165, 1.54) is 5.56 Å². The largest absolute Gasteiger partial charge is 0.496 e. The molecule has 0 spiro atoms. The Kier molecular flexibility index (Phi) is 5.89. The third kappa shape index (κ3) is 4.42. The smallest absolute Gasteiger partial charge is 0.225 e. The summed E-state index contributed by atoms with van der Waals surface area (Å²) in [5, 5.41) is 2.96. The second-order valence-corrected chi connectivity index (χ2v) is 6.51. The summed E-state index contributed by atoms with van der Waals surface area (Å²) in [5.74, 6) is 0.444. The number of amides is 2. The molecular weight excluding hydrogens is 328 g/mol. The van der Waals surface area contributed by atoms with Gasteiger partial charge in [0.25, 0.3) is 0 Å². The van der Waals surface area contributed by atoms with Crippen molar-refractivity contribution in [1.29, 1.82) is 0 Å². The van der Waals surface area contributed by atoms with Crippen LogP contribution >= 0.6 is 0 Å². The van der Waals surface area contributed by atoms with Crippen LogP contribution in [-0.2, 0) is 22.6 Å². The third-order valence-electron chi connectivity index (χ3n) is 4.69. The zero-order chi connectivity index (χ0) is 18.4. The number of nitrogens with zero attached hydrogens (tertiary/aromatic N) is 1. The molecule has 2 aromatic carbocycles. The molecule has 0 aliphatic carbocycles. The van der Waals surface area contributed by atoms with Crippen LogP contribution in [0, 0.1) is 5.92 Å². The Morgan fingerprint density at radius 2 is 1.88 bits per heavy atom. The highest BCUT2D eigenvalue weighted by molar-refractivity contribution is 5.89. The standard InChI is InChI=1S/C21H24N2O3/c1-26-19-10-6-5-9-17(19)14-23-15-18(13-20(23)24)21(25)22-12-11-16-7-3-2-4-8-16/h2-10,18H,11-15H2,1H3,(H,22,25)/t18-/m0/s1. The maximum atomic E-state index is 12.4. The molecule has 0 radical (unpaired) electrons. The Labute approximate surface area is 154 Å². The van der Waals surface area contributed by atoms with Crippen LogP contribution in [0.4, 0.5) is 0 Å². The number of hydrogen-bond donors (Lipinski definition) is 1. The number of ether oxygens (including phenoxy) is 1. The molecule has 0 saturated carbocycles. The highest BCUT2D eigenvalue weighted by atomic mass is 16.5. The molecule has 2 amide bonds. The average Bonchev–Trinajstić information content (AvgIpc) is 3.03. The van der Waals surface area contributed by atoms with E-state index in [-0.39, 0.29) is 24.2 Å². The highest BCUT2D eigenvalue weighted by Crippen LogP contribution is 2.24. The predicted molar refractivity (Wildman–Crippen MR) is 99.7 cm³/mol. The van der Waals surface area contributed by atoms with Gasteiger partial charge in [0.05, 0.1) is 13.0 Å². The monoisotopic (exact) mass is 352 g/mol. The Balaban J connectivity index is 1.51. The van der Waals surface area contributed by atoms with Crippen LogP contribution in [0.5, 0.6) is 5.75 Å². The van der Waals surface area contributed by atoms with Gasteiger partial charge in [-0.05, 0) is 18.1 Å². The summed E-state index contributed by atoms with van der Waals surface area (Å²) in [5.41, 5.74) is 2.14. The summed E-state index contributed by atoms with van der Waals surface area (Å²) < 4.78 is 5.34. The molecule has 2 aromatic rings. The molecular formula is C21H24N2O3. The van der Waals surface area contributed by atoms with Gasteiger partial charge in [-0.15, -0.1) is 0 Å². The molecule has 1 aliphatic rings. The van der Waals surface area contributed by atoms with Crippen molar-refractivity contribution in [3.05, 3.63) is 65.7 Å². The van der Waals surface area contributed by atoms with Crippen LogP contribution < -0.4 is 10.1 Å². The fourth-order valence-electron chi connectivity index (χ4n) is 3.26. The summed E-state index contributed by atoms with van der Waals surface area (Å²) in [7, 11) is 1.62. The van der Waals surface area contributed by atoms with Crippen molar-refractivity contribution in [2.24, 2.45) is 5.92 Å². The first-order valence-electron chi connectivity index (χ1n) is 8.88. The van der Waals surface area contributed by atoms with Gasteiger partial charge in [-0.3, -0.25) is 9.59 Å². The van der Waals surface area contributed by atoms with Crippen molar-refractivity contribution >= 4 is 11.8 Å². The molecule has 0 bridgehead atoms. The van der Waals surface area contributed by atoms with Crippen LogP contribution in [0.2, 0.25) is 0 Å². The SMILES string of the molecule is COc1ccccc1CN1C[C@@H](C(=O)NCCc2ccccc2)CC1=O. The number of methoxy groups -OCH3 is 1. The van der Waals surface area contributed by atoms with Gasteiger partial charge in [-0.2, -0.15) is 0 Å². The maximum absolute atomic E-state index is 12.4. The fraction of sp³-hybridized carbons (Fsp3) is 0.333. The fourth-order valence-corrected chi connectivity index (χ4v) is 3.26. The molecule has 5 nitrogen and oxygen atoms in total. The number of rotatable bonds is 7. The first kappa shape index (κ1) is 18.0. The van der Waals surface area contributed by atoms with E-state index in [1.54, 1.807) is 12.0 Å². The molecule has 26 heavy (non-hydrogen) atoms. The summed E-state index contributed by atoms with van der Waals surface area (Å²) >= 11 is 0. The molecule has 1 fully saturated rings. The lowest BCUT2D eigenvalue weighted by molar-refractivity contribution is -0.129. The summed E-state index contributed by atoms with van der Waals surface area (Å²) in [4.78, 5) is 26.4. The molecule has 136 valence electrons. The van der Waals surface area contributed by atoms with Gasteiger partial charge in [0.1, 0.15) is 5.75 Å². The molecule has 1 atom stereocenters. The van der Waals surface area contributed by atoms with Gasteiger partial charge in [-0.25, -0.2) is 0 Å². The van der Waals surface area contributed by atoms with Gasteiger partial charge >= 0.3 is 0 Å². The van der Waals surface area contributed by atoms with Gasteiger partial charge in [-0.1, -0.05) is 48.5 Å². The number of para-hydroxylation sites is 1. The van der Waals surface area contributed by atoms with Gasteiger partial charge in [0, 0.05) is 31.6 Å². The van der Waals surface area contributed by atoms with Gasteiger partial charge < -0.3 is 15.0 Å². The minimum absolute atomic E-state index is 0.0131. The van der Waals surface area contributed by atoms with Crippen molar-refractivity contribution in [2.45, 2.75) is 19.4 Å². The maximum Gasteiger partial charge on any atom is 0.225 e.